The summed E-state index contributed by atoms with van der Waals surface area (Å²) in [5.41, 5.74) is 0.384. The number of benzene rings is 1. The highest BCUT2D eigenvalue weighted by atomic mass is 32.2. The lowest BCUT2D eigenvalue weighted by atomic mass is 10.0. The molecule has 1 unspecified atom stereocenters. The van der Waals surface area contributed by atoms with E-state index in [4.69, 9.17) is 6.42 Å². The summed E-state index contributed by atoms with van der Waals surface area (Å²) in [6, 6.07) is 6.69. The summed E-state index contributed by atoms with van der Waals surface area (Å²) in [7, 11) is -1.56. The van der Waals surface area contributed by atoms with Gasteiger partial charge in [0.1, 0.15) is 0 Å². The van der Waals surface area contributed by atoms with E-state index in [1.807, 2.05) is 4.90 Å². The number of piperazine rings is 1. The molecule has 0 radical (unpaired) electrons. The molecule has 1 amide bonds. The van der Waals surface area contributed by atoms with E-state index in [0.29, 0.717) is 24.7 Å². The number of hydrogen-bond donors (Lipinski definition) is 1. The van der Waals surface area contributed by atoms with Crippen molar-refractivity contribution < 1.29 is 13.2 Å². The summed E-state index contributed by atoms with van der Waals surface area (Å²) in [6.45, 7) is 5.18. The van der Waals surface area contributed by atoms with Gasteiger partial charge >= 0.3 is 0 Å². The first-order chi connectivity index (χ1) is 13.4. The van der Waals surface area contributed by atoms with E-state index in [-0.39, 0.29) is 17.3 Å². The van der Waals surface area contributed by atoms with Crippen molar-refractivity contribution in [1.82, 2.24) is 19.4 Å². The SMILES string of the molecule is C#CCNS(=O)(=O)c1cccc(C(=O)N2CCN(C3CCCN(C)C3)CC2)c1. The number of hydrogen-bond acceptors (Lipinski definition) is 5. The minimum atomic E-state index is -3.71. The molecule has 0 bridgehead atoms. The van der Waals surface area contributed by atoms with Crippen LogP contribution in [0.3, 0.4) is 0 Å². The maximum atomic E-state index is 12.9. The number of terminal acetylenes is 1. The van der Waals surface area contributed by atoms with Gasteiger partial charge in [-0.1, -0.05) is 12.0 Å². The van der Waals surface area contributed by atoms with Crippen LogP contribution in [0.5, 0.6) is 0 Å². The molecular weight excluding hydrogens is 376 g/mol. The van der Waals surface area contributed by atoms with Crippen LogP contribution in [0.25, 0.3) is 0 Å². The number of carbonyl (C=O) groups is 1. The van der Waals surface area contributed by atoms with Crippen LogP contribution in [0.2, 0.25) is 0 Å². The molecule has 2 aliphatic rings. The normalized spacial score (nSPS) is 22.0. The smallest absolute Gasteiger partial charge is 0.253 e. The summed E-state index contributed by atoms with van der Waals surface area (Å²) in [5.74, 6) is 2.11. The molecule has 0 saturated carbocycles. The van der Waals surface area contributed by atoms with Crippen molar-refractivity contribution in [2.75, 3.05) is 52.9 Å². The molecule has 2 aliphatic heterocycles. The monoisotopic (exact) mass is 404 g/mol. The molecule has 0 spiro atoms. The van der Waals surface area contributed by atoms with Crippen molar-refractivity contribution in [1.29, 1.82) is 0 Å². The van der Waals surface area contributed by atoms with Crippen molar-refractivity contribution in [3.05, 3.63) is 29.8 Å². The van der Waals surface area contributed by atoms with Gasteiger partial charge in [-0.25, -0.2) is 8.42 Å². The molecule has 2 heterocycles. The van der Waals surface area contributed by atoms with Crippen LogP contribution in [0, 0.1) is 12.3 Å². The fourth-order valence-corrected chi connectivity index (χ4v) is 4.91. The van der Waals surface area contributed by atoms with Gasteiger partial charge in [0.15, 0.2) is 0 Å². The summed E-state index contributed by atoms with van der Waals surface area (Å²) >= 11 is 0. The molecule has 8 heteroatoms. The van der Waals surface area contributed by atoms with Crippen LogP contribution in [0.4, 0.5) is 0 Å². The molecule has 28 heavy (non-hydrogen) atoms. The minimum absolute atomic E-state index is 0.0532. The highest BCUT2D eigenvalue weighted by molar-refractivity contribution is 7.89. The lowest BCUT2D eigenvalue weighted by molar-refractivity contribution is 0.0452. The van der Waals surface area contributed by atoms with E-state index in [9.17, 15) is 13.2 Å². The van der Waals surface area contributed by atoms with Crippen LogP contribution >= 0.6 is 0 Å². The van der Waals surface area contributed by atoms with E-state index >= 15 is 0 Å². The Morgan fingerprint density at radius 1 is 1.25 bits per heavy atom. The van der Waals surface area contributed by atoms with Gasteiger partial charge in [0, 0.05) is 44.3 Å². The number of likely N-dealkylation sites (N-methyl/N-ethyl adjacent to an activating group) is 1. The van der Waals surface area contributed by atoms with Gasteiger partial charge < -0.3 is 9.80 Å². The second-order valence-electron chi connectivity index (χ2n) is 7.44. The lowest BCUT2D eigenvalue weighted by Gasteiger charge is -2.42. The maximum absolute atomic E-state index is 12.9. The summed E-state index contributed by atoms with van der Waals surface area (Å²) in [6.07, 6.45) is 7.55. The van der Waals surface area contributed by atoms with Crippen LogP contribution < -0.4 is 4.72 Å². The van der Waals surface area contributed by atoms with Crippen molar-refractivity contribution in [2.24, 2.45) is 0 Å². The molecule has 0 aliphatic carbocycles. The fourth-order valence-electron chi connectivity index (χ4n) is 3.93. The third-order valence-electron chi connectivity index (χ3n) is 5.47. The van der Waals surface area contributed by atoms with Gasteiger partial charge in [0.25, 0.3) is 5.91 Å². The van der Waals surface area contributed by atoms with Crippen LogP contribution in [-0.4, -0.2) is 87.9 Å². The quantitative estimate of drug-likeness (QED) is 0.722. The standard InChI is InChI=1S/C20H28N4O3S/c1-3-9-21-28(26,27)19-8-4-6-17(15-19)20(25)24-13-11-23(12-14-24)18-7-5-10-22(2)16-18/h1,4,6,8,15,18,21H,5,7,9-14,16H2,2H3. The largest absolute Gasteiger partial charge is 0.336 e. The van der Waals surface area contributed by atoms with Crippen molar-refractivity contribution >= 4 is 15.9 Å². The first-order valence-electron chi connectivity index (χ1n) is 9.66. The van der Waals surface area contributed by atoms with Crippen LogP contribution in [0.15, 0.2) is 29.2 Å². The first kappa shape index (κ1) is 20.8. The molecule has 1 aromatic rings. The number of likely N-dealkylation sites (tertiary alicyclic amines) is 1. The van der Waals surface area contributed by atoms with Gasteiger partial charge in [0.2, 0.25) is 10.0 Å². The number of nitrogens with zero attached hydrogens (tertiary/aromatic N) is 3. The third-order valence-corrected chi connectivity index (χ3v) is 6.87. The average Bonchev–Trinajstić information content (AvgIpc) is 2.72. The Labute approximate surface area is 167 Å². The molecule has 3 rings (SSSR count). The Bertz CT molecular complexity index is 841. The first-order valence-corrected chi connectivity index (χ1v) is 11.1. The highest BCUT2D eigenvalue weighted by Crippen LogP contribution is 2.19. The van der Waals surface area contributed by atoms with Gasteiger partial charge in [-0.15, -0.1) is 6.42 Å². The molecule has 0 aromatic heterocycles. The number of rotatable bonds is 5. The van der Waals surface area contributed by atoms with Gasteiger partial charge in [-0.05, 0) is 44.6 Å². The van der Waals surface area contributed by atoms with Crippen LogP contribution in [0.1, 0.15) is 23.2 Å². The van der Waals surface area contributed by atoms with Crippen molar-refractivity contribution in [3.8, 4) is 12.3 Å². The topological polar surface area (TPSA) is 73.0 Å². The molecule has 2 fully saturated rings. The Hall–Kier alpha value is -1.92. The van der Waals surface area contributed by atoms with E-state index in [0.717, 1.165) is 26.2 Å². The Kier molecular flexibility index (Phi) is 6.73. The van der Waals surface area contributed by atoms with Crippen molar-refractivity contribution in [2.45, 2.75) is 23.8 Å². The zero-order valence-electron chi connectivity index (χ0n) is 16.3. The Morgan fingerprint density at radius 3 is 2.68 bits per heavy atom. The van der Waals surface area contributed by atoms with E-state index < -0.39 is 10.0 Å². The molecule has 1 N–H and O–H groups in total. The number of piperidine rings is 1. The zero-order valence-corrected chi connectivity index (χ0v) is 17.1. The average molecular weight is 405 g/mol. The Balaban J connectivity index is 1.62. The summed E-state index contributed by atoms with van der Waals surface area (Å²) < 4.78 is 26.8. The molecule has 1 aromatic carbocycles. The van der Waals surface area contributed by atoms with Gasteiger partial charge in [0.05, 0.1) is 11.4 Å². The second kappa shape index (κ2) is 9.05. The number of nitrogens with one attached hydrogen (secondary N) is 1. The zero-order chi connectivity index (χ0) is 20.1. The number of carbonyl (C=O) groups excluding carboxylic acids is 1. The minimum Gasteiger partial charge on any atom is -0.336 e. The lowest BCUT2D eigenvalue weighted by Crippen LogP contribution is -2.55. The molecular formula is C20H28N4O3S. The summed E-state index contributed by atoms with van der Waals surface area (Å²) in [5, 5.41) is 0. The van der Waals surface area contributed by atoms with Crippen molar-refractivity contribution in [3.63, 3.8) is 0 Å². The van der Waals surface area contributed by atoms with Gasteiger partial charge in [-0.2, -0.15) is 4.72 Å². The third kappa shape index (κ3) is 4.92. The number of sulfonamides is 1. The second-order valence-corrected chi connectivity index (χ2v) is 9.21. The molecule has 152 valence electrons. The summed E-state index contributed by atoms with van der Waals surface area (Å²) in [4.78, 5) is 19.6. The van der Waals surface area contributed by atoms with E-state index in [1.54, 1.807) is 12.1 Å². The molecule has 2 saturated heterocycles. The highest BCUT2D eigenvalue weighted by Gasteiger charge is 2.29. The van der Waals surface area contributed by atoms with E-state index in [1.165, 1.54) is 25.0 Å². The van der Waals surface area contributed by atoms with E-state index in [2.05, 4.69) is 27.5 Å². The maximum Gasteiger partial charge on any atom is 0.253 e. The molecule has 1 atom stereocenters. The predicted molar refractivity (Wildman–Crippen MR) is 108 cm³/mol. The van der Waals surface area contributed by atoms with Crippen LogP contribution in [-0.2, 0) is 10.0 Å². The predicted octanol–water partition coefficient (Wildman–Crippen LogP) is 0.450. The fraction of sp³-hybridized carbons (Fsp3) is 0.550. The Morgan fingerprint density at radius 2 is 2.00 bits per heavy atom. The number of amides is 1. The van der Waals surface area contributed by atoms with Gasteiger partial charge in [-0.3, -0.25) is 9.69 Å². The molecule has 7 nitrogen and oxygen atoms in total.